The largest absolute Gasteiger partial charge is 0.481 e. The summed E-state index contributed by atoms with van der Waals surface area (Å²) in [6.07, 6.45) is 5.38. The monoisotopic (exact) mass is 254 g/mol. The van der Waals surface area contributed by atoms with Gasteiger partial charge >= 0.3 is 5.97 Å². The summed E-state index contributed by atoms with van der Waals surface area (Å²) in [6, 6.07) is 0.738. The minimum Gasteiger partial charge on any atom is -0.481 e. The van der Waals surface area contributed by atoms with Gasteiger partial charge in [0.05, 0.1) is 5.92 Å². The number of likely N-dealkylation sites (N-methyl/N-ethyl adjacent to an activating group) is 1. The van der Waals surface area contributed by atoms with Gasteiger partial charge in [-0.15, -0.1) is 0 Å². The molecule has 0 radical (unpaired) electrons. The smallest absolute Gasteiger partial charge is 0.308 e. The molecule has 1 aliphatic heterocycles. The number of rotatable bonds is 2. The molecule has 0 bridgehead atoms. The lowest BCUT2D eigenvalue weighted by Crippen LogP contribution is -2.56. The van der Waals surface area contributed by atoms with Gasteiger partial charge in [0.15, 0.2) is 0 Å². The molecule has 0 aromatic carbocycles. The van der Waals surface area contributed by atoms with Crippen molar-refractivity contribution in [1.29, 1.82) is 0 Å². The van der Waals surface area contributed by atoms with Crippen LogP contribution in [0.5, 0.6) is 0 Å². The second kappa shape index (κ2) is 6.02. The molecule has 1 saturated heterocycles. The third-order valence-corrected chi connectivity index (χ3v) is 4.60. The zero-order valence-electron chi connectivity index (χ0n) is 11.6. The van der Waals surface area contributed by atoms with Crippen LogP contribution in [-0.2, 0) is 4.79 Å². The first-order valence-corrected chi connectivity index (χ1v) is 7.26. The van der Waals surface area contributed by atoms with Crippen molar-refractivity contribution in [3.05, 3.63) is 0 Å². The first-order chi connectivity index (χ1) is 8.59. The van der Waals surface area contributed by atoms with E-state index in [4.69, 9.17) is 0 Å². The number of hydrogen-bond donors (Lipinski definition) is 1. The van der Waals surface area contributed by atoms with Gasteiger partial charge in [0, 0.05) is 31.7 Å². The Morgan fingerprint density at radius 3 is 2.56 bits per heavy atom. The molecule has 1 N–H and O–H groups in total. The zero-order chi connectivity index (χ0) is 13.1. The van der Waals surface area contributed by atoms with E-state index in [1.54, 1.807) is 0 Å². The molecule has 2 fully saturated rings. The van der Waals surface area contributed by atoms with Gasteiger partial charge in [-0.3, -0.25) is 9.69 Å². The number of carboxylic acids is 1. The fourth-order valence-corrected chi connectivity index (χ4v) is 3.62. The summed E-state index contributed by atoms with van der Waals surface area (Å²) in [6.45, 7) is 5.38. The first-order valence-electron chi connectivity index (χ1n) is 7.26. The van der Waals surface area contributed by atoms with Crippen molar-refractivity contribution in [2.75, 3.05) is 26.7 Å². The van der Waals surface area contributed by atoms with E-state index < -0.39 is 5.97 Å². The summed E-state index contributed by atoms with van der Waals surface area (Å²) in [5.74, 6) is -0.744. The molecule has 1 heterocycles. The Hall–Kier alpha value is -0.610. The van der Waals surface area contributed by atoms with Gasteiger partial charge in [0.2, 0.25) is 0 Å². The Morgan fingerprint density at radius 1 is 1.17 bits per heavy atom. The highest BCUT2D eigenvalue weighted by Gasteiger charge is 2.37. The normalized spacial score (nSPS) is 36.2. The lowest BCUT2D eigenvalue weighted by molar-refractivity contribution is -0.145. The summed E-state index contributed by atoms with van der Waals surface area (Å²) in [4.78, 5) is 16.3. The molecule has 3 atom stereocenters. The van der Waals surface area contributed by atoms with E-state index in [2.05, 4.69) is 23.8 Å². The van der Waals surface area contributed by atoms with Crippen molar-refractivity contribution in [1.82, 2.24) is 9.80 Å². The predicted molar refractivity (Wildman–Crippen MR) is 71.7 cm³/mol. The van der Waals surface area contributed by atoms with E-state index in [0.717, 1.165) is 38.9 Å². The van der Waals surface area contributed by atoms with E-state index in [1.165, 1.54) is 12.8 Å². The number of nitrogens with zero attached hydrogens (tertiary/aromatic N) is 2. The third kappa shape index (κ3) is 3.04. The van der Waals surface area contributed by atoms with Crippen molar-refractivity contribution >= 4 is 5.97 Å². The number of aliphatic carboxylic acids is 1. The van der Waals surface area contributed by atoms with Gasteiger partial charge in [0.25, 0.3) is 0 Å². The van der Waals surface area contributed by atoms with Gasteiger partial charge < -0.3 is 10.0 Å². The molecule has 3 unspecified atom stereocenters. The Morgan fingerprint density at radius 2 is 1.89 bits per heavy atom. The highest BCUT2D eigenvalue weighted by Crippen LogP contribution is 2.30. The van der Waals surface area contributed by atoms with Crippen LogP contribution in [0.15, 0.2) is 0 Å². The molecule has 4 heteroatoms. The Bertz CT molecular complexity index is 296. The number of carboxylic acid groups (broad SMARTS) is 1. The molecule has 0 aromatic rings. The maximum atomic E-state index is 11.5. The molecule has 2 rings (SSSR count). The Labute approximate surface area is 110 Å². The van der Waals surface area contributed by atoms with Crippen molar-refractivity contribution in [3.8, 4) is 0 Å². The molecule has 0 spiro atoms. The SMILES string of the molecule is CC1CN(C)CCN1C1CCCCCC1C(=O)O. The Kier molecular flexibility index (Phi) is 4.62. The third-order valence-electron chi connectivity index (χ3n) is 4.60. The van der Waals surface area contributed by atoms with Crippen LogP contribution < -0.4 is 0 Å². The van der Waals surface area contributed by atoms with Crippen LogP contribution in [0, 0.1) is 5.92 Å². The predicted octanol–water partition coefficient (Wildman–Crippen LogP) is 1.66. The molecule has 104 valence electrons. The molecular weight excluding hydrogens is 228 g/mol. The van der Waals surface area contributed by atoms with E-state index >= 15 is 0 Å². The lowest BCUT2D eigenvalue weighted by Gasteiger charge is -2.44. The molecule has 1 aliphatic carbocycles. The van der Waals surface area contributed by atoms with Crippen molar-refractivity contribution < 1.29 is 9.90 Å². The first kappa shape index (κ1) is 13.8. The van der Waals surface area contributed by atoms with Gasteiger partial charge in [-0.2, -0.15) is 0 Å². The highest BCUT2D eigenvalue weighted by molar-refractivity contribution is 5.71. The summed E-state index contributed by atoms with van der Waals surface area (Å²) >= 11 is 0. The van der Waals surface area contributed by atoms with Gasteiger partial charge in [-0.25, -0.2) is 0 Å². The van der Waals surface area contributed by atoms with E-state index in [9.17, 15) is 9.90 Å². The maximum absolute atomic E-state index is 11.5. The topological polar surface area (TPSA) is 43.8 Å². The molecule has 4 nitrogen and oxygen atoms in total. The van der Waals surface area contributed by atoms with Gasteiger partial charge in [-0.1, -0.05) is 19.3 Å². The summed E-state index contributed by atoms with van der Waals surface area (Å²) in [7, 11) is 2.15. The minimum atomic E-state index is -0.590. The van der Waals surface area contributed by atoms with Crippen LogP contribution in [0.4, 0.5) is 0 Å². The van der Waals surface area contributed by atoms with Crippen LogP contribution in [0.1, 0.15) is 39.0 Å². The number of hydrogen-bond acceptors (Lipinski definition) is 3. The lowest BCUT2D eigenvalue weighted by atomic mass is 9.91. The van der Waals surface area contributed by atoms with E-state index in [0.29, 0.717) is 6.04 Å². The fraction of sp³-hybridized carbons (Fsp3) is 0.929. The quantitative estimate of drug-likeness (QED) is 0.761. The van der Waals surface area contributed by atoms with E-state index in [1.807, 2.05) is 0 Å². The van der Waals surface area contributed by atoms with Crippen molar-refractivity contribution in [2.24, 2.45) is 5.92 Å². The second-order valence-electron chi connectivity index (χ2n) is 6.00. The average Bonchev–Trinajstić information content (AvgIpc) is 2.54. The van der Waals surface area contributed by atoms with Gasteiger partial charge in [0.1, 0.15) is 0 Å². The van der Waals surface area contributed by atoms with Crippen LogP contribution in [0.3, 0.4) is 0 Å². The zero-order valence-corrected chi connectivity index (χ0v) is 11.6. The Balaban J connectivity index is 2.09. The van der Waals surface area contributed by atoms with Crippen molar-refractivity contribution in [2.45, 2.75) is 51.1 Å². The molecule has 1 saturated carbocycles. The van der Waals surface area contributed by atoms with Crippen LogP contribution in [0.2, 0.25) is 0 Å². The number of piperazine rings is 1. The standard InChI is InChI=1S/C14H26N2O2/c1-11-10-15(2)8-9-16(11)13-7-5-3-4-6-12(13)14(17)18/h11-13H,3-10H2,1-2H3,(H,17,18). The van der Waals surface area contributed by atoms with E-state index in [-0.39, 0.29) is 12.0 Å². The molecule has 0 amide bonds. The number of carbonyl (C=O) groups is 1. The molecule has 2 aliphatic rings. The van der Waals surface area contributed by atoms with Crippen LogP contribution in [-0.4, -0.2) is 59.6 Å². The van der Waals surface area contributed by atoms with Crippen LogP contribution >= 0.6 is 0 Å². The highest BCUT2D eigenvalue weighted by atomic mass is 16.4. The molecule has 18 heavy (non-hydrogen) atoms. The van der Waals surface area contributed by atoms with Crippen molar-refractivity contribution in [3.63, 3.8) is 0 Å². The summed E-state index contributed by atoms with van der Waals surface area (Å²) in [5.41, 5.74) is 0. The maximum Gasteiger partial charge on any atom is 0.308 e. The second-order valence-corrected chi connectivity index (χ2v) is 6.00. The summed E-state index contributed by atoms with van der Waals surface area (Å²) in [5, 5.41) is 9.47. The molecular formula is C14H26N2O2. The average molecular weight is 254 g/mol. The molecule has 0 aromatic heterocycles. The minimum absolute atomic E-state index is 0.154. The van der Waals surface area contributed by atoms with Crippen LogP contribution in [0.25, 0.3) is 0 Å². The van der Waals surface area contributed by atoms with Gasteiger partial charge in [-0.05, 0) is 26.8 Å². The fourth-order valence-electron chi connectivity index (χ4n) is 3.62. The summed E-state index contributed by atoms with van der Waals surface area (Å²) < 4.78 is 0.